The van der Waals surface area contributed by atoms with Crippen molar-refractivity contribution in [1.29, 1.82) is 0 Å². The lowest BCUT2D eigenvalue weighted by atomic mass is 10.2. The number of hydrogen-bond donors (Lipinski definition) is 2. The Morgan fingerprint density at radius 1 is 0.943 bits per heavy atom. The molecule has 184 valence electrons. The molecule has 10 nitrogen and oxygen atoms in total. The molecule has 0 aliphatic carbocycles. The van der Waals surface area contributed by atoms with Crippen molar-refractivity contribution in [2.75, 3.05) is 45.1 Å². The fraction of sp³-hybridized carbons (Fsp3) is 0.320. The number of anilines is 3. The monoisotopic (exact) mass is 478 g/mol. The van der Waals surface area contributed by atoms with Crippen LogP contribution in [0.4, 0.5) is 17.5 Å². The minimum absolute atomic E-state index is 0.179. The fourth-order valence-corrected chi connectivity index (χ4v) is 3.61. The van der Waals surface area contributed by atoms with Crippen molar-refractivity contribution >= 4 is 28.6 Å². The summed E-state index contributed by atoms with van der Waals surface area (Å²) in [6, 6.07) is 13.5. The molecule has 4 aromatic rings. The van der Waals surface area contributed by atoms with Gasteiger partial charge in [-0.3, -0.25) is 0 Å². The van der Waals surface area contributed by atoms with E-state index in [1.165, 1.54) is 0 Å². The lowest BCUT2D eigenvalue weighted by molar-refractivity contribution is 0.324. The molecule has 2 aromatic heterocycles. The van der Waals surface area contributed by atoms with Crippen molar-refractivity contribution in [2.45, 2.75) is 19.9 Å². The Bertz CT molecular complexity index is 1250. The van der Waals surface area contributed by atoms with Crippen molar-refractivity contribution in [3.8, 4) is 23.0 Å². The molecular weight excluding hydrogens is 448 g/mol. The first-order valence-corrected chi connectivity index (χ1v) is 11.3. The standard InChI is InChI=1S/C25H30N6O4/c1-16(2)31-15-27-21-23(26-11-12-35-18-9-7-6-8-10-18)29-25(30-24(21)31)28-17-13-19(32-3)22(34-5)20(14-17)33-4/h6-10,13-16H,11-12H2,1-5H3,(H2,26,28,29,30). The van der Waals surface area contributed by atoms with Crippen LogP contribution in [-0.2, 0) is 0 Å². The van der Waals surface area contributed by atoms with Crippen LogP contribution in [0, 0.1) is 0 Å². The molecule has 0 fully saturated rings. The molecule has 0 saturated heterocycles. The molecule has 0 unspecified atom stereocenters. The van der Waals surface area contributed by atoms with Gasteiger partial charge in [-0.25, -0.2) is 4.98 Å². The second-order valence-corrected chi connectivity index (χ2v) is 7.94. The molecule has 0 atom stereocenters. The predicted molar refractivity (Wildman–Crippen MR) is 136 cm³/mol. The summed E-state index contributed by atoms with van der Waals surface area (Å²) in [5.74, 6) is 3.39. The molecule has 0 aliphatic rings. The van der Waals surface area contributed by atoms with Gasteiger partial charge >= 0.3 is 0 Å². The van der Waals surface area contributed by atoms with E-state index in [1.807, 2.05) is 34.9 Å². The van der Waals surface area contributed by atoms with Gasteiger partial charge in [0, 0.05) is 23.9 Å². The Balaban J connectivity index is 1.62. The number of para-hydroxylation sites is 1. The normalized spacial score (nSPS) is 10.9. The lowest BCUT2D eigenvalue weighted by Gasteiger charge is -2.15. The number of nitrogens with zero attached hydrogens (tertiary/aromatic N) is 4. The van der Waals surface area contributed by atoms with Crippen LogP contribution in [-0.4, -0.2) is 54.0 Å². The number of imidazole rings is 1. The lowest BCUT2D eigenvalue weighted by Crippen LogP contribution is -2.14. The minimum atomic E-state index is 0.179. The average molecular weight is 479 g/mol. The van der Waals surface area contributed by atoms with Crippen LogP contribution in [0.25, 0.3) is 11.2 Å². The Morgan fingerprint density at radius 2 is 1.66 bits per heavy atom. The first-order chi connectivity index (χ1) is 17.0. The highest BCUT2D eigenvalue weighted by molar-refractivity contribution is 5.85. The summed E-state index contributed by atoms with van der Waals surface area (Å²) in [6.07, 6.45) is 1.78. The van der Waals surface area contributed by atoms with Gasteiger partial charge in [0.05, 0.1) is 34.2 Å². The predicted octanol–water partition coefficient (Wildman–Crippen LogP) is 4.67. The number of rotatable bonds is 11. The van der Waals surface area contributed by atoms with Crippen molar-refractivity contribution < 1.29 is 18.9 Å². The van der Waals surface area contributed by atoms with Crippen LogP contribution in [0.2, 0.25) is 0 Å². The van der Waals surface area contributed by atoms with E-state index in [0.717, 1.165) is 11.4 Å². The van der Waals surface area contributed by atoms with Crippen LogP contribution in [0.3, 0.4) is 0 Å². The van der Waals surface area contributed by atoms with E-state index >= 15 is 0 Å². The number of nitrogens with one attached hydrogen (secondary N) is 2. The highest BCUT2D eigenvalue weighted by Gasteiger charge is 2.17. The zero-order valence-corrected chi connectivity index (χ0v) is 20.5. The molecule has 10 heteroatoms. The van der Waals surface area contributed by atoms with Crippen molar-refractivity contribution in [1.82, 2.24) is 19.5 Å². The molecule has 2 heterocycles. The number of ether oxygens (including phenoxy) is 4. The molecule has 2 aromatic carbocycles. The van der Waals surface area contributed by atoms with Crippen LogP contribution in [0.1, 0.15) is 19.9 Å². The van der Waals surface area contributed by atoms with Crippen molar-refractivity contribution in [3.63, 3.8) is 0 Å². The Morgan fingerprint density at radius 3 is 2.29 bits per heavy atom. The highest BCUT2D eigenvalue weighted by Crippen LogP contribution is 2.40. The number of aromatic nitrogens is 4. The van der Waals surface area contributed by atoms with Gasteiger partial charge in [-0.2, -0.15) is 9.97 Å². The Hall–Kier alpha value is -4.21. The molecule has 0 bridgehead atoms. The zero-order valence-electron chi connectivity index (χ0n) is 20.5. The largest absolute Gasteiger partial charge is 0.493 e. The van der Waals surface area contributed by atoms with Gasteiger partial charge in [0.25, 0.3) is 0 Å². The minimum Gasteiger partial charge on any atom is -0.493 e. The van der Waals surface area contributed by atoms with Crippen LogP contribution in [0.5, 0.6) is 23.0 Å². The van der Waals surface area contributed by atoms with Gasteiger partial charge in [0.15, 0.2) is 28.5 Å². The molecule has 0 radical (unpaired) electrons. The van der Waals surface area contributed by atoms with Gasteiger partial charge in [0.2, 0.25) is 11.7 Å². The number of methoxy groups -OCH3 is 3. The second-order valence-electron chi connectivity index (χ2n) is 7.94. The quantitative estimate of drug-likeness (QED) is 0.298. The molecule has 2 N–H and O–H groups in total. The molecular formula is C25H30N6O4. The Labute approximate surface area is 204 Å². The van der Waals surface area contributed by atoms with Gasteiger partial charge < -0.3 is 34.1 Å². The molecule has 35 heavy (non-hydrogen) atoms. The second kappa shape index (κ2) is 10.8. The first-order valence-electron chi connectivity index (χ1n) is 11.3. The van der Waals surface area contributed by atoms with Crippen molar-refractivity contribution in [2.24, 2.45) is 0 Å². The summed E-state index contributed by atoms with van der Waals surface area (Å²) < 4.78 is 24.1. The van der Waals surface area contributed by atoms with E-state index < -0.39 is 0 Å². The van der Waals surface area contributed by atoms with E-state index in [1.54, 1.807) is 39.8 Å². The van der Waals surface area contributed by atoms with Crippen LogP contribution >= 0.6 is 0 Å². The van der Waals surface area contributed by atoms with Gasteiger partial charge in [-0.1, -0.05) is 18.2 Å². The van der Waals surface area contributed by atoms with Gasteiger partial charge in [-0.15, -0.1) is 0 Å². The van der Waals surface area contributed by atoms with Crippen LogP contribution < -0.4 is 29.6 Å². The molecule has 0 aliphatic heterocycles. The maximum absolute atomic E-state index is 5.80. The highest BCUT2D eigenvalue weighted by atomic mass is 16.5. The molecule has 0 amide bonds. The average Bonchev–Trinajstić information content (AvgIpc) is 3.31. The smallest absolute Gasteiger partial charge is 0.231 e. The SMILES string of the molecule is COc1cc(Nc2nc(NCCOc3ccccc3)c3ncn(C(C)C)c3n2)cc(OC)c1OC. The third kappa shape index (κ3) is 5.32. The van der Waals surface area contributed by atoms with E-state index in [-0.39, 0.29) is 6.04 Å². The number of benzene rings is 2. The topological polar surface area (TPSA) is 105 Å². The van der Waals surface area contributed by atoms with Crippen LogP contribution in [0.15, 0.2) is 48.8 Å². The van der Waals surface area contributed by atoms with E-state index in [4.69, 9.17) is 23.9 Å². The fourth-order valence-electron chi connectivity index (χ4n) is 3.61. The summed E-state index contributed by atoms with van der Waals surface area (Å²) in [5.41, 5.74) is 2.10. The van der Waals surface area contributed by atoms with E-state index in [2.05, 4.69) is 34.4 Å². The zero-order chi connectivity index (χ0) is 24.8. The number of fused-ring (bicyclic) bond motifs is 1. The molecule has 0 spiro atoms. The first kappa shape index (κ1) is 23.9. The van der Waals surface area contributed by atoms with E-state index in [0.29, 0.717) is 53.4 Å². The van der Waals surface area contributed by atoms with E-state index in [9.17, 15) is 0 Å². The summed E-state index contributed by atoms with van der Waals surface area (Å²) in [7, 11) is 4.71. The summed E-state index contributed by atoms with van der Waals surface area (Å²) in [4.78, 5) is 14.0. The maximum Gasteiger partial charge on any atom is 0.231 e. The Kier molecular flexibility index (Phi) is 7.39. The number of hydrogen-bond acceptors (Lipinski definition) is 9. The molecule has 0 saturated carbocycles. The third-order valence-corrected chi connectivity index (χ3v) is 5.31. The third-order valence-electron chi connectivity index (χ3n) is 5.31. The summed E-state index contributed by atoms with van der Waals surface area (Å²) in [5, 5.41) is 6.60. The summed E-state index contributed by atoms with van der Waals surface area (Å²) in [6.45, 7) is 5.17. The molecule has 4 rings (SSSR count). The summed E-state index contributed by atoms with van der Waals surface area (Å²) >= 11 is 0. The van der Waals surface area contributed by atoms with Gasteiger partial charge in [0.1, 0.15) is 12.4 Å². The van der Waals surface area contributed by atoms with Gasteiger partial charge in [-0.05, 0) is 26.0 Å². The maximum atomic E-state index is 5.80. The van der Waals surface area contributed by atoms with Crippen molar-refractivity contribution in [3.05, 3.63) is 48.8 Å².